The molecule has 26 heavy (non-hydrogen) atoms. The van der Waals surface area contributed by atoms with Crippen molar-refractivity contribution in [3.63, 3.8) is 0 Å². The van der Waals surface area contributed by atoms with Crippen molar-refractivity contribution in [2.75, 3.05) is 36.0 Å². The summed E-state index contributed by atoms with van der Waals surface area (Å²) in [6.07, 6.45) is 3.84. The molecule has 8 heteroatoms. The largest absolute Gasteiger partial charge is 0.352 e. The van der Waals surface area contributed by atoms with E-state index < -0.39 is 0 Å². The number of hydrogen-bond acceptors (Lipinski definition) is 7. The van der Waals surface area contributed by atoms with Gasteiger partial charge in [-0.05, 0) is 31.2 Å². The number of aryl methyl sites for hydroxylation is 1. The smallest absolute Gasteiger partial charge is 0.186 e. The molecule has 6 nitrogen and oxygen atoms in total. The third-order valence-electron chi connectivity index (χ3n) is 5.06. The molecule has 3 aromatic rings. The predicted octanol–water partition coefficient (Wildman–Crippen LogP) is 3.13. The van der Waals surface area contributed by atoms with E-state index in [9.17, 15) is 4.39 Å². The molecule has 0 atom stereocenters. The molecule has 0 N–H and O–H groups in total. The molecular weight excluding hydrogens is 351 g/mol. The summed E-state index contributed by atoms with van der Waals surface area (Å²) in [6.45, 7) is 4.73. The van der Waals surface area contributed by atoms with E-state index in [2.05, 4.69) is 24.8 Å². The predicted molar refractivity (Wildman–Crippen MR) is 101 cm³/mol. The van der Waals surface area contributed by atoms with Gasteiger partial charge in [-0.15, -0.1) is 11.3 Å². The molecule has 1 aliphatic heterocycles. The van der Waals surface area contributed by atoms with Crippen LogP contribution in [0.25, 0.3) is 10.2 Å². The molecule has 2 aliphatic rings. The van der Waals surface area contributed by atoms with Crippen molar-refractivity contribution in [2.24, 2.45) is 0 Å². The van der Waals surface area contributed by atoms with Crippen LogP contribution in [0.1, 0.15) is 30.3 Å². The van der Waals surface area contributed by atoms with Crippen LogP contribution in [0.5, 0.6) is 0 Å². The Morgan fingerprint density at radius 1 is 1.04 bits per heavy atom. The Bertz CT molecular complexity index is 961. The number of halogens is 1. The standard InChI is InChI=1S/C18H19FN6S/c1-11-14(19)17(23-16(22-11)12-2-3-12)24-5-7-25(8-6-24)18-15-13(4-9-26-15)20-10-21-18/h4,9-10,12H,2-3,5-8H2,1H3. The minimum Gasteiger partial charge on any atom is -0.352 e. The first-order valence-electron chi connectivity index (χ1n) is 8.93. The summed E-state index contributed by atoms with van der Waals surface area (Å²) in [5.74, 6) is 2.37. The number of nitrogens with zero attached hydrogens (tertiary/aromatic N) is 6. The Morgan fingerprint density at radius 3 is 2.50 bits per heavy atom. The fourth-order valence-electron chi connectivity index (χ4n) is 3.43. The second kappa shape index (κ2) is 6.12. The van der Waals surface area contributed by atoms with Crippen LogP contribution < -0.4 is 9.80 Å². The number of hydrogen-bond donors (Lipinski definition) is 0. The highest BCUT2D eigenvalue weighted by Gasteiger charge is 2.30. The lowest BCUT2D eigenvalue weighted by Crippen LogP contribution is -2.47. The number of thiophene rings is 1. The van der Waals surface area contributed by atoms with Gasteiger partial charge < -0.3 is 9.80 Å². The van der Waals surface area contributed by atoms with Gasteiger partial charge in [-0.25, -0.2) is 24.3 Å². The fraction of sp³-hybridized carbons (Fsp3) is 0.444. The van der Waals surface area contributed by atoms with Crippen molar-refractivity contribution in [1.82, 2.24) is 19.9 Å². The molecule has 0 spiro atoms. The Morgan fingerprint density at radius 2 is 1.77 bits per heavy atom. The van der Waals surface area contributed by atoms with E-state index in [-0.39, 0.29) is 5.82 Å². The van der Waals surface area contributed by atoms with E-state index in [1.165, 1.54) is 0 Å². The lowest BCUT2D eigenvalue weighted by atomic mass is 10.2. The molecule has 1 saturated heterocycles. The number of aromatic nitrogens is 4. The third-order valence-corrected chi connectivity index (χ3v) is 5.96. The van der Waals surface area contributed by atoms with Crippen molar-refractivity contribution in [3.05, 3.63) is 35.1 Å². The molecule has 1 saturated carbocycles. The highest BCUT2D eigenvalue weighted by Crippen LogP contribution is 2.39. The van der Waals surface area contributed by atoms with Crippen LogP contribution in [-0.2, 0) is 0 Å². The zero-order valence-electron chi connectivity index (χ0n) is 14.5. The average molecular weight is 370 g/mol. The summed E-state index contributed by atoms with van der Waals surface area (Å²) in [7, 11) is 0. The van der Waals surface area contributed by atoms with Crippen LogP contribution in [0.15, 0.2) is 17.8 Å². The van der Waals surface area contributed by atoms with Gasteiger partial charge in [0.05, 0.1) is 15.9 Å². The number of anilines is 2. The van der Waals surface area contributed by atoms with Gasteiger partial charge in [0.25, 0.3) is 0 Å². The fourth-order valence-corrected chi connectivity index (χ4v) is 4.29. The molecule has 0 bridgehead atoms. The first-order chi connectivity index (χ1) is 12.7. The summed E-state index contributed by atoms with van der Waals surface area (Å²) in [4.78, 5) is 22.0. The van der Waals surface area contributed by atoms with E-state index in [0.29, 0.717) is 30.5 Å². The monoisotopic (exact) mass is 370 g/mol. The van der Waals surface area contributed by atoms with Crippen molar-refractivity contribution < 1.29 is 4.39 Å². The van der Waals surface area contributed by atoms with E-state index >= 15 is 0 Å². The van der Waals surface area contributed by atoms with Gasteiger partial charge in [-0.3, -0.25) is 0 Å². The molecule has 4 heterocycles. The average Bonchev–Trinajstić information content (AvgIpc) is 3.40. The first-order valence-corrected chi connectivity index (χ1v) is 9.81. The van der Waals surface area contributed by atoms with E-state index in [4.69, 9.17) is 0 Å². The van der Waals surface area contributed by atoms with Crippen LogP contribution in [-0.4, -0.2) is 46.1 Å². The van der Waals surface area contributed by atoms with Gasteiger partial charge in [0, 0.05) is 32.1 Å². The van der Waals surface area contributed by atoms with Crippen LogP contribution in [0.4, 0.5) is 16.0 Å². The molecule has 5 rings (SSSR count). The normalized spacial score (nSPS) is 17.9. The molecule has 0 unspecified atom stereocenters. The molecule has 134 valence electrons. The summed E-state index contributed by atoms with van der Waals surface area (Å²) in [5, 5.41) is 2.04. The van der Waals surface area contributed by atoms with E-state index in [0.717, 1.165) is 47.8 Å². The second-order valence-corrected chi connectivity index (χ2v) is 7.80. The Labute approximate surface area is 154 Å². The minimum atomic E-state index is -0.287. The van der Waals surface area contributed by atoms with Crippen molar-refractivity contribution in [3.8, 4) is 0 Å². The van der Waals surface area contributed by atoms with Gasteiger partial charge in [0.15, 0.2) is 11.6 Å². The Balaban J connectivity index is 1.38. The van der Waals surface area contributed by atoms with Gasteiger partial charge in [-0.1, -0.05) is 0 Å². The van der Waals surface area contributed by atoms with Crippen LogP contribution >= 0.6 is 11.3 Å². The zero-order chi connectivity index (χ0) is 17.7. The number of fused-ring (bicyclic) bond motifs is 1. The van der Waals surface area contributed by atoms with Crippen LogP contribution in [0.3, 0.4) is 0 Å². The molecule has 3 aromatic heterocycles. The number of rotatable bonds is 3. The summed E-state index contributed by atoms with van der Waals surface area (Å²) >= 11 is 1.66. The van der Waals surface area contributed by atoms with Crippen molar-refractivity contribution >= 4 is 33.2 Å². The van der Waals surface area contributed by atoms with Crippen LogP contribution in [0, 0.1) is 12.7 Å². The maximum Gasteiger partial charge on any atom is 0.186 e. The van der Waals surface area contributed by atoms with E-state index in [1.54, 1.807) is 24.6 Å². The first kappa shape index (κ1) is 15.9. The molecule has 0 radical (unpaired) electrons. The molecule has 1 aliphatic carbocycles. The van der Waals surface area contributed by atoms with Gasteiger partial charge in [0.1, 0.15) is 18.0 Å². The molecule has 0 aromatic carbocycles. The quantitative estimate of drug-likeness (QED) is 0.706. The molecular formula is C18H19FN6S. The van der Waals surface area contributed by atoms with Gasteiger partial charge >= 0.3 is 0 Å². The maximum atomic E-state index is 14.6. The number of piperazine rings is 1. The lowest BCUT2D eigenvalue weighted by molar-refractivity contribution is 0.569. The van der Waals surface area contributed by atoms with Crippen molar-refractivity contribution in [1.29, 1.82) is 0 Å². The molecule has 2 fully saturated rings. The highest BCUT2D eigenvalue weighted by atomic mass is 32.1. The highest BCUT2D eigenvalue weighted by molar-refractivity contribution is 7.17. The summed E-state index contributed by atoms with van der Waals surface area (Å²) in [5.41, 5.74) is 1.43. The lowest BCUT2D eigenvalue weighted by Gasteiger charge is -2.36. The maximum absolute atomic E-state index is 14.6. The van der Waals surface area contributed by atoms with Gasteiger partial charge in [-0.2, -0.15) is 0 Å². The summed E-state index contributed by atoms with van der Waals surface area (Å²) in [6, 6.07) is 2.01. The SMILES string of the molecule is Cc1nc(C2CC2)nc(N2CCN(c3ncnc4ccsc34)CC2)c1F. The third kappa shape index (κ3) is 2.68. The zero-order valence-corrected chi connectivity index (χ0v) is 15.3. The Kier molecular flexibility index (Phi) is 3.74. The minimum absolute atomic E-state index is 0.287. The van der Waals surface area contributed by atoms with Crippen LogP contribution in [0.2, 0.25) is 0 Å². The second-order valence-electron chi connectivity index (χ2n) is 6.89. The van der Waals surface area contributed by atoms with E-state index in [1.807, 2.05) is 16.3 Å². The molecule has 0 amide bonds. The van der Waals surface area contributed by atoms with Gasteiger partial charge in [0.2, 0.25) is 0 Å². The van der Waals surface area contributed by atoms with Crippen molar-refractivity contribution in [2.45, 2.75) is 25.7 Å². The summed E-state index contributed by atoms with van der Waals surface area (Å²) < 4.78 is 15.7. The Hall–Kier alpha value is -2.35. The topological polar surface area (TPSA) is 58.0 Å².